The molecule has 2 N–H and O–H groups in total. The van der Waals surface area contributed by atoms with E-state index in [0.29, 0.717) is 6.54 Å². The third-order valence-corrected chi connectivity index (χ3v) is 3.46. The van der Waals surface area contributed by atoms with Gasteiger partial charge in [-0.15, -0.1) is 0 Å². The first-order valence-electron chi connectivity index (χ1n) is 5.82. The second-order valence-corrected chi connectivity index (χ2v) is 4.78. The van der Waals surface area contributed by atoms with E-state index in [9.17, 15) is 0 Å². The molecule has 1 aromatic rings. The molecule has 1 aliphatic heterocycles. The van der Waals surface area contributed by atoms with E-state index in [0.717, 1.165) is 29.0 Å². The third kappa shape index (κ3) is 1.51. The molecule has 0 spiro atoms. The number of aliphatic imine (C=N–C) groups is 1. The van der Waals surface area contributed by atoms with Crippen LogP contribution >= 0.6 is 0 Å². The van der Waals surface area contributed by atoms with E-state index in [4.69, 9.17) is 10.7 Å². The lowest BCUT2D eigenvalue weighted by Crippen LogP contribution is -2.35. The van der Waals surface area contributed by atoms with Gasteiger partial charge < -0.3 is 5.73 Å². The van der Waals surface area contributed by atoms with Gasteiger partial charge in [0.1, 0.15) is 0 Å². The summed E-state index contributed by atoms with van der Waals surface area (Å²) in [4.78, 5) is 4.76. The van der Waals surface area contributed by atoms with Crippen molar-refractivity contribution in [1.82, 2.24) is 0 Å². The van der Waals surface area contributed by atoms with Gasteiger partial charge in [-0.2, -0.15) is 0 Å². The summed E-state index contributed by atoms with van der Waals surface area (Å²) < 4.78 is 0. The van der Waals surface area contributed by atoms with Gasteiger partial charge in [-0.25, -0.2) is 0 Å². The second-order valence-electron chi connectivity index (χ2n) is 4.78. The maximum atomic E-state index is 5.79. The smallest absolute Gasteiger partial charge is 0.0755 e. The first-order valence-corrected chi connectivity index (χ1v) is 5.82. The number of hydrogen-bond donors (Lipinski definition) is 1. The Morgan fingerprint density at radius 3 is 3.24 bits per heavy atom. The fourth-order valence-corrected chi connectivity index (χ4v) is 2.55. The summed E-state index contributed by atoms with van der Waals surface area (Å²) in [7, 11) is 0. The van der Waals surface area contributed by atoms with Crippen LogP contribution in [0.4, 0.5) is 5.69 Å². The molecule has 0 fully saturated rings. The highest BCUT2D eigenvalue weighted by Gasteiger charge is 2.35. The minimum atomic E-state index is -0.0395. The molecule has 0 amide bonds. The largest absolute Gasteiger partial charge is 0.326 e. The highest BCUT2D eigenvalue weighted by molar-refractivity contribution is 6.09. The van der Waals surface area contributed by atoms with Crippen LogP contribution in [-0.4, -0.2) is 12.3 Å². The van der Waals surface area contributed by atoms with Gasteiger partial charge in [-0.05, 0) is 24.1 Å². The second kappa shape index (κ2) is 3.58. The Bertz CT molecular complexity index is 552. The molecule has 2 nitrogen and oxygen atoms in total. The fourth-order valence-electron chi connectivity index (χ4n) is 2.55. The van der Waals surface area contributed by atoms with Gasteiger partial charge in [0.15, 0.2) is 0 Å². The molecule has 0 saturated heterocycles. The van der Waals surface area contributed by atoms with Crippen LogP contribution in [0.1, 0.15) is 12.5 Å². The summed E-state index contributed by atoms with van der Waals surface area (Å²) in [6.07, 6.45) is 7.27. The van der Waals surface area contributed by atoms with Crippen molar-refractivity contribution in [2.24, 2.45) is 16.1 Å². The van der Waals surface area contributed by atoms with Gasteiger partial charge >= 0.3 is 0 Å². The molecule has 17 heavy (non-hydrogen) atoms. The zero-order valence-electron chi connectivity index (χ0n) is 9.83. The standard InChI is InChI=1S/C15H14N2/c1-15-8-4-6-12(10-16)14(15)17-13-7-3-2-5-11(13)9-15/h3-4,6-8H,9-10,16H2,1H3. The molecule has 1 aromatic carbocycles. The Labute approximate surface area is 102 Å². The number of nitrogens with zero attached hydrogens (tertiary/aromatic N) is 1. The van der Waals surface area contributed by atoms with Crippen LogP contribution in [0, 0.1) is 17.5 Å². The predicted molar refractivity (Wildman–Crippen MR) is 69.3 cm³/mol. The van der Waals surface area contributed by atoms with Crippen molar-refractivity contribution < 1.29 is 0 Å². The van der Waals surface area contributed by atoms with Crippen LogP contribution in [0.5, 0.6) is 0 Å². The quantitative estimate of drug-likeness (QED) is 0.778. The molecule has 3 rings (SSSR count). The molecule has 1 unspecified atom stereocenters. The van der Waals surface area contributed by atoms with Crippen molar-refractivity contribution in [3.8, 4) is 0 Å². The summed E-state index contributed by atoms with van der Waals surface area (Å²) in [5, 5.41) is 0. The van der Waals surface area contributed by atoms with E-state index in [1.54, 1.807) is 0 Å². The SMILES string of the molecule is CC12C=CC=C(CN)C1=Nc1ccc#cc1C2. The van der Waals surface area contributed by atoms with Crippen LogP contribution in [0.15, 0.2) is 40.9 Å². The Balaban J connectivity index is 2.18. The number of rotatable bonds is 1. The van der Waals surface area contributed by atoms with Gasteiger partial charge in [0.05, 0.1) is 11.4 Å². The van der Waals surface area contributed by atoms with Crippen molar-refractivity contribution in [1.29, 1.82) is 0 Å². The van der Waals surface area contributed by atoms with E-state index in [1.165, 1.54) is 0 Å². The van der Waals surface area contributed by atoms with Crippen molar-refractivity contribution in [3.05, 3.63) is 53.6 Å². The summed E-state index contributed by atoms with van der Waals surface area (Å²) in [5.74, 6) is 0. The van der Waals surface area contributed by atoms with E-state index >= 15 is 0 Å². The van der Waals surface area contributed by atoms with Crippen LogP contribution in [0.2, 0.25) is 0 Å². The molecule has 0 bridgehead atoms. The molecule has 2 heteroatoms. The van der Waals surface area contributed by atoms with Crippen LogP contribution < -0.4 is 5.73 Å². The Kier molecular flexibility index (Phi) is 2.17. The van der Waals surface area contributed by atoms with E-state index in [2.05, 4.69) is 37.3 Å². The normalized spacial score (nSPS) is 25.3. The Morgan fingerprint density at radius 1 is 1.53 bits per heavy atom. The van der Waals surface area contributed by atoms with Crippen LogP contribution in [0.3, 0.4) is 0 Å². The topological polar surface area (TPSA) is 38.4 Å². The summed E-state index contributed by atoms with van der Waals surface area (Å²) in [5.41, 5.74) is 10.1. The van der Waals surface area contributed by atoms with Gasteiger partial charge in [-0.3, -0.25) is 4.99 Å². The number of hydrogen-bond acceptors (Lipinski definition) is 2. The highest BCUT2D eigenvalue weighted by Crippen LogP contribution is 2.39. The van der Waals surface area contributed by atoms with E-state index in [1.807, 2.05) is 12.1 Å². The van der Waals surface area contributed by atoms with Crippen molar-refractivity contribution in [2.45, 2.75) is 13.3 Å². The molecular formula is C15H14N2. The summed E-state index contributed by atoms with van der Waals surface area (Å²) in [6, 6.07) is 10.0. The van der Waals surface area contributed by atoms with Crippen molar-refractivity contribution in [2.75, 3.05) is 6.54 Å². The first-order chi connectivity index (χ1) is 8.23. The predicted octanol–water partition coefficient (Wildman–Crippen LogP) is 2.38. The average molecular weight is 222 g/mol. The van der Waals surface area contributed by atoms with E-state index < -0.39 is 0 Å². The average Bonchev–Trinajstić information content (AvgIpc) is 2.34. The lowest BCUT2D eigenvalue weighted by Gasteiger charge is -2.34. The lowest BCUT2D eigenvalue weighted by atomic mass is 9.72. The fraction of sp³-hybridized carbons (Fsp3) is 0.267. The molecular weight excluding hydrogens is 208 g/mol. The minimum Gasteiger partial charge on any atom is -0.326 e. The maximum absolute atomic E-state index is 5.79. The minimum absolute atomic E-state index is 0.0395. The van der Waals surface area contributed by atoms with Gasteiger partial charge in [0.25, 0.3) is 0 Å². The van der Waals surface area contributed by atoms with E-state index in [-0.39, 0.29) is 5.41 Å². The summed E-state index contributed by atoms with van der Waals surface area (Å²) in [6.45, 7) is 2.74. The van der Waals surface area contributed by atoms with Crippen LogP contribution in [-0.2, 0) is 6.42 Å². The first kappa shape index (κ1) is 10.3. The van der Waals surface area contributed by atoms with Crippen molar-refractivity contribution >= 4 is 11.4 Å². The molecule has 1 atom stereocenters. The molecule has 0 saturated carbocycles. The van der Waals surface area contributed by atoms with Gasteiger partial charge in [0.2, 0.25) is 0 Å². The monoisotopic (exact) mass is 222 g/mol. The number of allylic oxidation sites excluding steroid dienone is 3. The maximum Gasteiger partial charge on any atom is 0.0755 e. The Hall–Kier alpha value is -1.85. The third-order valence-electron chi connectivity index (χ3n) is 3.46. The molecule has 2 aliphatic rings. The zero-order valence-corrected chi connectivity index (χ0v) is 9.83. The molecule has 0 radical (unpaired) electrons. The van der Waals surface area contributed by atoms with Crippen molar-refractivity contribution in [3.63, 3.8) is 0 Å². The Morgan fingerprint density at radius 2 is 2.41 bits per heavy atom. The zero-order chi connectivity index (χ0) is 11.9. The molecule has 1 heterocycles. The van der Waals surface area contributed by atoms with Gasteiger partial charge in [-0.1, -0.05) is 37.3 Å². The number of nitrogens with two attached hydrogens (primary N) is 1. The number of fused-ring (bicyclic) bond motifs is 2. The highest BCUT2D eigenvalue weighted by atomic mass is 14.8. The van der Waals surface area contributed by atoms with Gasteiger partial charge in [0, 0.05) is 17.5 Å². The lowest BCUT2D eigenvalue weighted by molar-refractivity contribution is 0.580. The molecule has 84 valence electrons. The molecule has 0 aromatic heterocycles. The summed E-state index contributed by atoms with van der Waals surface area (Å²) >= 11 is 0. The van der Waals surface area contributed by atoms with Crippen LogP contribution in [0.25, 0.3) is 0 Å². The molecule has 1 aliphatic carbocycles.